The summed E-state index contributed by atoms with van der Waals surface area (Å²) in [4.78, 5) is 26.0. The van der Waals surface area contributed by atoms with Gasteiger partial charge >= 0.3 is 0 Å². The lowest BCUT2D eigenvalue weighted by atomic mass is 10.2. The van der Waals surface area contributed by atoms with Crippen molar-refractivity contribution in [3.63, 3.8) is 0 Å². The van der Waals surface area contributed by atoms with Gasteiger partial charge in [-0.2, -0.15) is 25.1 Å². The quantitative estimate of drug-likeness (QED) is 0.485. The smallest absolute Gasteiger partial charge is 0.260 e. The maximum Gasteiger partial charge on any atom is 0.260 e. The van der Waals surface area contributed by atoms with Crippen molar-refractivity contribution in [2.75, 3.05) is 10.3 Å². The molecule has 30 heavy (non-hydrogen) atoms. The molecule has 3 heterocycles. The molecule has 148 valence electrons. The highest BCUT2D eigenvalue weighted by atomic mass is 79.9. The zero-order chi connectivity index (χ0) is 20.7. The van der Waals surface area contributed by atoms with E-state index in [0.717, 1.165) is 26.8 Å². The molecular weight excluding hydrogens is 446 g/mol. The molecule has 0 radical (unpaired) electrons. The number of fused-ring (bicyclic) bond motifs is 1. The first kappa shape index (κ1) is 18.4. The molecule has 8 nitrogen and oxygen atoms in total. The second-order valence-corrected chi connectivity index (χ2v) is 7.77. The van der Waals surface area contributed by atoms with E-state index in [1.165, 1.54) is 5.01 Å². The van der Waals surface area contributed by atoms with Gasteiger partial charge in [0.2, 0.25) is 11.9 Å². The summed E-state index contributed by atoms with van der Waals surface area (Å²) in [5.41, 5.74) is 2.48. The van der Waals surface area contributed by atoms with E-state index < -0.39 is 0 Å². The van der Waals surface area contributed by atoms with Crippen LogP contribution in [0.15, 0.2) is 70.4 Å². The molecule has 0 unspecified atom stereocenters. The van der Waals surface area contributed by atoms with Gasteiger partial charge in [-0.25, -0.2) is 0 Å². The van der Waals surface area contributed by atoms with Gasteiger partial charge in [-0.05, 0) is 43.3 Å². The van der Waals surface area contributed by atoms with Gasteiger partial charge in [-0.1, -0.05) is 34.1 Å². The van der Waals surface area contributed by atoms with E-state index in [2.05, 4.69) is 41.3 Å². The molecule has 1 aliphatic heterocycles. The highest BCUT2D eigenvalue weighted by Crippen LogP contribution is 2.24. The highest BCUT2D eigenvalue weighted by Gasteiger charge is 2.26. The number of para-hydroxylation sites is 1. The lowest BCUT2D eigenvalue weighted by Crippen LogP contribution is -2.23. The molecule has 2 aromatic heterocycles. The van der Waals surface area contributed by atoms with Crippen LogP contribution in [-0.4, -0.2) is 31.1 Å². The van der Waals surface area contributed by atoms with Gasteiger partial charge < -0.3 is 5.32 Å². The molecule has 0 fully saturated rings. The fourth-order valence-corrected chi connectivity index (χ4v) is 3.51. The third-order valence-corrected chi connectivity index (χ3v) is 5.16. The largest absolute Gasteiger partial charge is 0.324 e. The minimum Gasteiger partial charge on any atom is -0.324 e. The number of hydrogen-bond acceptors (Lipinski definition) is 6. The fraction of sp³-hybridized carbons (Fsp3) is 0.0952. The van der Waals surface area contributed by atoms with E-state index in [4.69, 9.17) is 0 Å². The zero-order valence-electron chi connectivity index (χ0n) is 16.0. The first-order valence-electron chi connectivity index (χ1n) is 9.29. The lowest BCUT2D eigenvalue weighted by Gasteiger charge is -2.14. The molecule has 0 spiro atoms. The summed E-state index contributed by atoms with van der Waals surface area (Å²) in [5.74, 6) is 0.729. The van der Waals surface area contributed by atoms with Crippen molar-refractivity contribution in [3.05, 3.63) is 65.3 Å². The third kappa shape index (κ3) is 3.43. The number of aromatic nitrogens is 4. The average molecular weight is 462 g/mol. The topological polar surface area (TPSA) is 88.3 Å². The van der Waals surface area contributed by atoms with Crippen molar-refractivity contribution in [2.24, 2.45) is 5.10 Å². The Morgan fingerprint density at radius 2 is 1.73 bits per heavy atom. The average Bonchev–Trinajstić information content (AvgIpc) is 3.32. The van der Waals surface area contributed by atoms with Crippen LogP contribution < -0.4 is 10.3 Å². The van der Waals surface area contributed by atoms with Crippen molar-refractivity contribution in [2.45, 2.75) is 13.3 Å². The number of nitrogens with zero attached hydrogens (tertiary/aromatic N) is 6. The molecule has 1 amide bonds. The number of carbonyl (C=O) groups is 1. The summed E-state index contributed by atoms with van der Waals surface area (Å²) in [6.45, 7) is 1.81. The summed E-state index contributed by atoms with van der Waals surface area (Å²) < 4.78 is 2.83. The molecule has 1 aliphatic rings. The van der Waals surface area contributed by atoms with Gasteiger partial charge in [-0.15, -0.1) is 0 Å². The predicted octanol–water partition coefficient (Wildman–Crippen LogP) is 4.43. The number of anilines is 3. The monoisotopic (exact) mass is 461 g/mol. The molecule has 5 rings (SSSR count). The minimum atomic E-state index is -0.170. The third-order valence-electron chi connectivity index (χ3n) is 4.63. The van der Waals surface area contributed by atoms with E-state index in [0.29, 0.717) is 11.9 Å². The summed E-state index contributed by atoms with van der Waals surface area (Å²) in [7, 11) is 0. The molecular formula is C21H16BrN7O. The van der Waals surface area contributed by atoms with E-state index in [-0.39, 0.29) is 18.3 Å². The molecule has 0 bridgehead atoms. The van der Waals surface area contributed by atoms with Crippen LogP contribution in [-0.2, 0) is 4.79 Å². The van der Waals surface area contributed by atoms with Gasteiger partial charge in [-0.3, -0.25) is 9.36 Å². The molecule has 0 atom stereocenters. The Hall–Kier alpha value is -3.59. The number of hydrazone groups is 1. The fourth-order valence-electron chi connectivity index (χ4n) is 3.24. The molecule has 0 saturated carbocycles. The van der Waals surface area contributed by atoms with E-state index in [1.54, 1.807) is 6.92 Å². The standard InChI is InChI=1S/C21H16BrN7O/c1-13-12-18(30)29(27-13)21-25-19(23-16-8-6-15(22)7-9-16)24-20(26-21)28-11-10-14-4-2-3-5-17(14)28/h2-11H,12H2,1H3,(H,23,24,25,26). The predicted molar refractivity (Wildman–Crippen MR) is 119 cm³/mol. The Balaban J connectivity index is 1.63. The van der Waals surface area contributed by atoms with Crippen LogP contribution in [0.5, 0.6) is 0 Å². The lowest BCUT2D eigenvalue weighted by molar-refractivity contribution is -0.117. The number of carbonyl (C=O) groups excluding carboxylic acids is 1. The van der Waals surface area contributed by atoms with E-state index in [1.807, 2.05) is 65.4 Å². The van der Waals surface area contributed by atoms with Crippen LogP contribution in [0.3, 0.4) is 0 Å². The molecule has 4 aromatic rings. The number of rotatable bonds is 4. The van der Waals surface area contributed by atoms with Crippen molar-refractivity contribution in [1.29, 1.82) is 0 Å². The Labute approximate surface area is 180 Å². The first-order valence-corrected chi connectivity index (χ1v) is 10.1. The van der Waals surface area contributed by atoms with Crippen LogP contribution in [0, 0.1) is 0 Å². The van der Waals surface area contributed by atoms with Gasteiger partial charge in [0.15, 0.2) is 0 Å². The Kier molecular flexibility index (Phi) is 4.51. The van der Waals surface area contributed by atoms with Gasteiger partial charge in [0.25, 0.3) is 11.9 Å². The molecule has 0 aliphatic carbocycles. The number of halogens is 1. The molecule has 2 aromatic carbocycles. The Morgan fingerprint density at radius 3 is 2.50 bits per heavy atom. The minimum absolute atomic E-state index is 0.170. The van der Waals surface area contributed by atoms with E-state index >= 15 is 0 Å². The van der Waals surface area contributed by atoms with Gasteiger partial charge in [0.1, 0.15) is 0 Å². The van der Waals surface area contributed by atoms with Crippen LogP contribution in [0.4, 0.5) is 17.6 Å². The maximum absolute atomic E-state index is 12.4. The number of nitrogens with one attached hydrogen (secondary N) is 1. The number of amides is 1. The molecule has 0 saturated heterocycles. The highest BCUT2D eigenvalue weighted by molar-refractivity contribution is 9.10. The molecule has 1 N–H and O–H groups in total. The van der Waals surface area contributed by atoms with Crippen molar-refractivity contribution >= 4 is 56.0 Å². The van der Waals surface area contributed by atoms with Gasteiger partial charge in [0.05, 0.1) is 11.9 Å². The molecule has 9 heteroatoms. The van der Waals surface area contributed by atoms with Crippen LogP contribution >= 0.6 is 15.9 Å². The zero-order valence-corrected chi connectivity index (χ0v) is 17.5. The van der Waals surface area contributed by atoms with Crippen molar-refractivity contribution in [3.8, 4) is 5.95 Å². The van der Waals surface area contributed by atoms with Crippen LogP contribution in [0.2, 0.25) is 0 Å². The van der Waals surface area contributed by atoms with Crippen molar-refractivity contribution in [1.82, 2.24) is 19.5 Å². The summed E-state index contributed by atoms with van der Waals surface area (Å²) in [6.07, 6.45) is 2.15. The van der Waals surface area contributed by atoms with E-state index in [9.17, 15) is 4.79 Å². The van der Waals surface area contributed by atoms with Crippen LogP contribution in [0.25, 0.3) is 16.9 Å². The Bertz CT molecular complexity index is 1300. The SMILES string of the molecule is CC1=NN(c2nc(Nc3ccc(Br)cc3)nc(-n3ccc4ccccc43)n2)C(=O)C1. The summed E-state index contributed by atoms with van der Waals surface area (Å²) in [5, 5.41) is 9.78. The normalized spacial score (nSPS) is 13.7. The summed E-state index contributed by atoms with van der Waals surface area (Å²) >= 11 is 3.43. The maximum atomic E-state index is 12.4. The van der Waals surface area contributed by atoms with Gasteiger partial charge in [0, 0.05) is 27.5 Å². The summed E-state index contributed by atoms with van der Waals surface area (Å²) in [6, 6.07) is 17.6. The second-order valence-electron chi connectivity index (χ2n) is 6.85. The van der Waals surface area contributed by atoms with Crippen molar-refractivity contribution < 1.29 is 4.79 Å². The first-order chi connectivity index (χ1) is 14.6. The Morgan fingerprint density at radius 1 is 0.967 bits per heavy atom. The number of benzene rings is 2. The second kappa shape index (κ2) is 7.34. The number of hydrogen-bond donors (Lipinski definition) is 1. The van der Waals surface area contributed by atoms with Crippen LogP contribution in [0.1, 0.15) is 13.3 Å².